The lowest BCUT2D eigenvalue weighted by molar-refractivity contribution is 1.04. The number of rotatable bonds is 4. The van der Waals surface area contributed by atoms with Gasteiger partial charge >= 0.3 is 0 Å². The summed E-state index contributed by atoms with van der Waals surface area (Å²) in [5.41, 5.74) is 4.56. The molecule has 0 bridgehead atoms. The van der Waals surface area contributed by atoms with Gasteiger partial charge in [0.2, 0.25) is 0 Å². The Balaban J connectivity index is 2.34. The van der Waals surface area contributed by atoms with Crippen LogP contribution in [0.4, 0.5) is 17.3 Å². The van der Waals surface area contributed by atoms with E-state index in [0.29, 0.717) is 5.82 Å². The van der Waals surface area contributed by atoms with E-state index in [4.69, 9.17) is 5.84 Å². The van der Waals surface area contributed by atoms with E-state index in [-0.39, 0.29) is 0 Å². The molecule has 0 aliphatic heterocycles. The Morgan fingerprint density at radius 3 is 2.72 bits per heavy atom. The first-order chi connectivity index (χ1) is 8.74. The monoisotopic (exact) mass is 355 g/mol. The lowest BCUT2D eigenvalue weighted by atomic mass is 10.2. The van der Waals surface area contributed by atoms with E-state index in [9.17, 15) is 0 Å². The number of nitrogens with one attached hydrogen (secondary N) is 2. The Bertz CT molecular complexity index is 544. The van der Waals surface area contributed by atoms with Gasteiger partial charge in [-0.15, -0.1) is 0 Å². The minimum atomic E-state index is 0.653. The van der Waals surface area contributed by atoms with Crippen LogP contribution in [-0.2, 0) is 6.42 Å². The van der Waals surface area contributed by atoms with Gasteiger partial charge in [-0.2, -0.15) is 0 Å². The van der Waals surface area contributed by atoms with E-state index in [0.717, 1.165) is 23.5 Å². The van der Waals surface area contributed by atoms with Gasteiger partial charge in [0.25, 0.3) is 0 Å². The van der Waals surface area contributed by atoms with Crippen LogP contribution in [0.3, 0.4) is 0 Å². The van der Waals surface area contributed by atoms with Crippen molar-refractivity contribution >= 4 is 39.9 Å². The fourth-order valence-electron chi connectivity index (χ4n) is 1.68. The van der Waals surface area contributed by atoms with Gasteiger partial charge < -0.3 is 10.7 Å². The second kappa shape index (κ2) is 5.96. The highest BCUT2D eigenvalue weighted by atomic mass is 127. The van der Waals surface area contributed by atoms with Crippen LogP contribution < -0.4 is 16.6 Å². The maximum Gasteiger partial charge on any atom is 0.148 e. The van der Waals surface area contributed by atoms with E-state index in [1.165, 1.54) is 9.90 Å². The topological polar surface area (TPSA) is 75.9 Å². The molecule has 2 rings (SSSR count). The summed E-state index contributed by atoms with van der Waals surface area (Å²) in [6.07, 6.45) is 2.29. The summed E-state index contributed by atoms with van der Waals surface area (Å²) >= 11 is 2.28. The van der Waals surface area contributed by atoms with Crippen molar-refractivity contribution in [2.24, 2.45) is 5.84 Å². The number of hydrazine groups is 1. The summed E-state index contributed by atoms with van der Waals surface area (Å²) in [6, 6.07) is 8.09. The van der Waals surface area contributed by atoms with Crippen LogP contribution in [0.25, 0.3) is 0 Å². The Labute approximate surface area is 119 Å². The summed E-state index contributed by atoms with van der Waals surface area (Å²) in [5, 5.41) is 3.29. The van der Waals surface area contributed by atoms with E-state index in [2.05, 4.69) is 49.4 Å². The summed E-state index contributed by atoms with van der Waals surface area (Å²) in [6.45, 7) is 2.04. The highest BCUT2D eigenvalue weighted by Gasteiger charge is 2.08. The molecular formula is C12H14IN5. The summed E-state index contributed by atoms with van der Waals surface area (Å²) < 4.78 is 1.17. The van der Waals surface area contributed by atoms with Gasteiger partial charge in [0.1, 0.15) is 18.0 Å². The van der Waals surface area contributed by atoms with Gasteiger partial charge in [-0.25, -0.2) is 15.8 Å². The van der Waals surface area contributed by atoms with Crippen LogP contribution in [-0.4, -0.2) is 9.97 Å². The normalized spacial score (nSPS) is 10.2. The maximum absolute atomic E-state index is 5.44. The number of benzene rings is 1. The fraction of sp³-hybridized carbons (Fsp3) is 0.167. The van der Waals surface area contributed by atoms with E-state index >= 15 is 0 Å². The zero-order valence-corrected chi connectivity index (χ0v) is 12.1. The number of hydrogen-bond acceptors (Lipinski definition) is 5. The van der Waals surface area contributed by atoms with Gasteiger partial charge in [-0.3, -0.25) is 0 Å². The highest BCUT2D eigenvalue weighted by molar-refractivity contribution is 14.1. The highest BCUT2D eigenvalue weighted by Crippen LogP contribution is 2.24. The van der Waals surface area contributed by atoms with Gasteiger partial charge in [0, 0.05) is 14.8 Å². The predicted molar refractivity (Wildman–Crippen MR) is 81.7 cm³/mol. The first kappa shape index (κ1) is 13.0. The summed E-state index contributed by atoms with van der Waals surface area (Å²) in [4.78, 5) is 8.36. The zero-order chi connectivity index (χ0) is 13.0. The van der Waals surface area contributed by atoms with Crippen LogP contribution >= 0.6 is 22.6 Å². The molecule has 4 N–H and O–H groups in total. The fourth-order valence-corrected chi connectivity index (χ4v) is 2.23. The molecule has 0 aliphatic rings. The molecule has 94 valence electrons. The van der Waals surface area contributed by atoms with Gasteiger partial charge in [-0.1, -0.05) is 13.0 Å². The SMILES string of the molecule is CCc1c(NN)ncnc1Nc1cccc(I)c1. The van der Waals surface area contributed by atoms with Crippen LogP contribution in [0.2, 0.25) is 0 Å². The third-order valence-electron chi connectivity index (χ3n) is 2.52. The van der Waals surface area contributed by atoms with Crippen LogP contribution in [0.15, 0.2) is 30.6 Å². The van der Waals surface area contributed by atoms with Crippen molar-refractivity contribution in [1.29, 1.82) is 0 Å². The molecular weight excluding hydrogens is 341 g/mol. The molecule has 1 aromatic heterocycles. The van der Waals surface area contributed by atoms with Crippen LogP contribution in [0.1, 0.15) is 12.5 Å². The Hall–Kier alpha value is -1.41. The molecule has 0 fully saturated rings. The minimum absolute atomic E-state index is 0.653. The second-order valence-corrected chi connectivity index (χ2v) is 4.93. The molecule has 0 amide bonds. The number of nitrogen functional groups attached to an aromatic ring is 1. The lowest BCUT2D eigenvalue weighted by Gasteiger charge is -2.12. The zero-order valence-electron chi connectivity index (χ0n) is 9.94. The lowest BCUT2D eigenvalue weighted by Crippen LogP contribution is -2.13. The smallest absolute Gasteiger partial charge is 0.148 e. The van der Waals surface area contributed by atoms with Crippen molar-refractivity contribution in [2.45, 2.75) is 13.3 Å². The van der Waals surface area contributed by atoms with Crippen LogP contribution in [0.5, 0.6) is 0 Å². The first-order valence-corrected chi connectivity index (χ1v) is 6.65. The quantitative estimate of drug-likeness (QED) is 0.447. The maximum atomic E-state index is 5.44. The summed E-state index contributed by atoms with van der Waals surface area (Å²) in [5.74, 6) is 6.88. The molecule has 0 saturated heterocycles. The molecule has 1 aromatic carbocycles. The second-order valence-electron chi connectivity index (χ2n) is 3.68. The molecule has 0 spiro atoms. The van der Waals surface area contributed by atoms with Crippen molar-refractivity contribution in [3.8, 4) is 0 Å². The molecule has 18 heavy (non-hydrogen) atoms. The molecule has 0 atom stereocenters. The third kappa shape index (κ3) is 2.88. The largest absolute Gasteiger partial charge is 0.340 e. The van der Waals surface area contributed by atoms with Gasteiger partial charge in [0.05, 0.1) is 0 Å². The number of aromatic nitrogens is 2. The molecule has 0 unspecified atom stereocenters. The predicted octanol–water partition coefficient (Wildman–Crippen LogP) is 2.67. The Kier molecular flexibility index (Phi) is 4.32. The van der Waals surface area contributed by atoms with E-state index in [1.807, 2.05) is 25.1 Å². The Morgan fingerprint density at radius 1 is 1.28 bits per heavy atom. The van der Waals surface area contributed by atoms with Crippen LogP contribution in [0, 0.1) is 3.57 Å². The Morgan fingerprint density at radius 2 is 2.06 bits per heavy atom. The molecule has 0 aliphatic carbocycles. The van der Waals surface area contributed by atoms with Gasteiger partial charge in [-0.05, 0) is 47.2 Å². The average Bonchev–Trinajstić information content (AvgIpc) is 2.38. The van der Waals surface area contributed by atoms with Crippen molar-refractivity contribution < 1.29 is 0 Å². The van der Waals surface area contributed by atoms with Crippen molar-refractivity contribution in [3.05, 3.63) is 39.7 Å². The third-order valence-corrected chi connectivity index (χ3v) is 3.19. The number of halogens is 1. The number of hydrogen-bond donors (Lipinski definition) is 3. The molecule has 6 heteroatoms. The molecule has 1 heterocycles. The first-order valence-electron chi connectivity index (χ1n) is 5.57. The molecule has 0 saturated carbocycles. The molecule has 2 aromatic rings. The van der Waals surface area contributed by atoms with Crippen molar-refractivity contribution in [2.75, 3.05) is 10.7 Å². The minimum Gasteiger partial charge on any atom is -0.340 e. The van der Waals surface area contributed by atoms with Gasteiger partial charge in [0.15, 0.2) is 0 Å². The van der Waals surface area contributed by atoms with E-state index in [1.54, 1.807) is 0 Å². The average molecular weight is 355 g/mol. The standard InChI is InChI=1S/C12H14IN5/c1-2-10-11(15-7-16-12(10)18-14)17-9-5-3-4-8(13)6-9/h3-7H,2,14H2,1H3,(H2,15,16,17,18). The molecule has 5 nitrogen and oxygen atoms in total. The number of nitrogens with two attached hydrogens (primary N) is 1. The summed E-state index contributed by atoms with van der Waals surface area (Å²) in [7, 11) is 0. The molecule has 0 radical (unpaired) electrons. The van der Waals surface area contributed by atoms with Crippen molar-refractivity contribution in [1.82, 2.24) is 9.97 Å². The van der Waals surface area contributed by atoms with E-state index < -0.39 is 0 Å². The number of nitrogens with zero attached hydrogens (tertiary/aromatic N) is 2. The number of anilines is 3. The van der Waals surface area contributed by atoms with Crippen molar-refractivity contribution in [3.63, 3.8) is 0 Å².